The molecule has 0 aromatic heterocycles. The molecule has 0 bridgehead atoms. The van der Waals surface area contributed by atoms with Gasteiger partial charge in [0.1, 0.15) is 13.2 Å². The Hall–Kier alpha value is -1.22. The number of rotatable bonds is 12. The molecule has 2 amide bonds. The summed E-state index contributed by atoms with van der Waals surface area (Å²) in [5.41, 5.74) is 4.83. The molecule has 0 aromatic carbocycles. The SMILES string of the molecule is NC(=O)COCC(=O)NCCOCCOCCO. The Bertz CT molecular complexity index is 236. The Labute approximate surface area is 105 Å². The van der Waals surface area contributed by atoms with Crippen LogP contribution in [-0.2, 0) is 23.8 Å². The van der Waals surface area contributed by atoms with E-state index in [1.165, 1.54) is 0 Å². The predicted molar refractivity (Wildman–Crippen MR) is 61.7 cm³/mol. The van der Waals surface area contributed by atoms with Crippen molar-refractivity contribution >= 4 is 11.8 Å². The summed E-state index contributed by atoms with van der Waals surface area (Å²) in [5.74, 6) is -0.953. The lowest BCUT2D eigenvalue weighted by molar-refractivity contribution is -0.129. The number of nitrogens with two attached hydrogens (primary N) is 1. The average molecular weight is 264 g/mol. The van der Waals surface area contributed by atoms with Crippen LogP contribution in [0.1, 0.15) is 0 Å². The van der Waals surface area contributed by atoms with Gasteiger partial charge in [0.25, 0.3) is 0 Å². The van der Waals surface area contributed by atoms with Crippen molar-refractivity contribution in [3.05, 3.63) is 0 Å². The van der Waals surface area contributed by atoms with Crippen LogP contribution in [0, 0.1) is 0 Å². The molecular formula is C10H20N2O6. The summed E-state index contributed by atoms with van der Waals surface area (Å²) in [6.07, 6.45) is 0. The zero-order valence-corrected chi connectivity index (χ0v) is 10.2. The fourth-order valence-corrected chi connectivity index (χ4v) is 0.944. The van der Waals surface area contributed by atoms with E-state index in [1.807, 2.05) is 0 Å². The van der Waals surface area contributed by atoms with Gasteiger partial charge in [-0.2, -0.15) is 0 Å². The molecule has 0 radical (unpaired) electrons. The van der Waals surface area contributed by atoms with E-state index in [1.54, 1.807) is 0 Å². The number of aliphatic hydroxyl groups is 1. The number of carbonyl (C=O) groups is 2. The maximum Gasteiger partial charge on any atom is 0.246 e. The third-order valence-electron chi connectivity index (χ3n) is 1.65. The number of ether oxygens (including phenoxy) is 3. The molecule has 18 heavy (non-hydrogen) atoms. The first kappa shape index (κ1) is 16.8. The maximum atomic E-state index is 11.1. The van der Waals surface area contributed by atoms with Crippen LogP contribution in [-0.4, -0.2) is 69.7 Å². The Morgan fingerprint density at radius 1 is 1.00 bits per heavy atom. The quantitative estimate of drug-likeness (QED) is 0.339. The number of primary amides is 1. The van der Waals surface area contributed by atoms with Crippen molar-refractivity contribution in [2.24, 2.45) is 5.73 Å². The van der Waals surface area contributed by atoms with Gasteiger partial charge in [0.05, 0.1) is 33.0 Å². The lowest BCUT2D eigenvalue weighted by atomic mass is 10.5. The van der Waals surface area contributed by atoms with Gasteiger partial charge in [-0.25, -0.2) is 0 Å². The van der Waals surface area contributed by atoms with Crippen LogP contribution < -0.4 is 11.1 Å². The van der Waals surface area contributed by atoms with E-state index in [2.05, 4.69) is 5.32 Å². The minimum atomic E-state index is -0.617. The molecule has 0 aliphatic carbocycles. The normalized spacial score (nSPS) is 10.3. The van der Waals surface area contributed by atoms with E-state index in [4.69, 9.17) is 25.1 Å². The highest BCUT2D eigenvalue weighted by Crippen LogP contribution is 1.79. The van der Waals surface area contributed by atoms with Gasteiger partial charge in [-0.1, -0.05) is 0 Å². The minimum absolute atomic E-state index is 0.0125. The highest BCUT2D eigenvalue weighted by molar-refractivity contribution is 5.78. The number of amides is 2. The summed E-state index contributed by atoms with van der Waals surface area (Å²) in [7, 11) is 0. The second-order valence-corrected chi connectivity index (χ2v) is 3.26. The van der Waals surface area contributed by atoms with E-state index in [0.29, 0.717) is 26.4 Å². The van der Waals surface area contributed by atoms with Gasteiger partial charge < -0.3 is 30.4 Å². The fourth-order valence-electron chi connectivity index (χ4n) is 0.944. The number of carbonyl (C=O) groups excluding carboxylic acids is 2. The first-order chi connectivity index (χ1) is 8.66. The largest absolute Gasteiger partial charge is 0.394 e. The smallest absolute Gasteiger partial charge is 0.246 e. The zero-order chi connectivity index (χ0) is 13.6. The van der Waals surface area contributed by atoms with Crippen molar-refractivity contribution in [2.75, 3.05) is 52.8 Å². The van der Waals surface area contributed by atoms with E-state index < -0.39 is 5.91 Å². The average Bonchev–Trinajstić information content (AvgIpc) is 2.32. The lowest BCUT2D eigenvalue weighted by Crippen LogP contribution is -2.32. The molecule has 0 spiro atoms. The third kappa shape index (κ3) is 12.8. The molecule has 0 aliphatic rings. The molecule has 0 heterocycles. The van der Waals surface area contributed by atoms with Crippen LogP contribution >= 0.6 is 0 Å². The molecule has 0 unspecified atom stereocenters. The predicted octanol–water partition coefficient (Wildman–Crippen LogP) is -2.37. The summed E-state index contributed by atoms with van der Waals surface area (Å²) < 4.78 is 14.8. The second kappa shape index (κ2) is 12.2. The van der Waals surface area contributed by atoms with Crippen LogP contribution in [0.2, 0.25) is 0 Å². The summed E-state index contributed by atoms with van der Waals surface area (Å²) in [6, 6.07) is 0. The Balaban J connectivity index is 3.17. The van der Waals surface area contributed by atoms with Gasteiger partial charge in [0.2, 0.25) is 11.8 Å². The second-order valence-electron chi connectivity index (χ2n) is 3.26. The highest BCUT2D eigenvalue weighted by atomic mass is 16.5. The van der Waals surface area contributed by atoms with Gasteiger partial charge >= 0.3 is 0 Å². The summed E-state index contributed by atoms with van der Waals surface area (Å²) >= 11 is 0. The van der Waals surface area contributed by atoms with Crippen LogP contribution in [0.15, 0.2) is 0 Å². The van der Waals surface area contributed by atoms with Gasteiger partial charge in [-0.15, -0.1) is 0 Å². The summed E-state index contributed by atoms with van der Waals surface area (Å²) in [5, 5.41) is 11.0. The number of nitrogens with one attached hydrogen (secondary N) is 1. The monoisotopic (exact) mass is 264 g/mol. The van der Waals surface area contributed by atoms with Crippen molar-refractivity contribution in [1.29, 1.82) is 0 Å². The molecule has 4 N–H and O–H groups in total. The molecule has 106 valence electrons. The molecule has 0 saturated carbocycles. The topological polar surface area (TPSA) is 120 Å². The summed E-state index contributed by atoms with van der Waals surface area (Å²) in [6.45, 7) is 1.29. The van der Waals surface area contributed by atoms with Crippen LogP contribution in [0.5, 0.6) is 0 Å². The van der Waals surface area contributed by atoms with Crippen molar-refractivity contribution < 1.29 is 28.9 Å². The van der Waals surface area contributed by atoms with Gasteiger partial charge in [0.15, 0.2) is 0 Å². The molecule has 0 atom stereocenters. The third-order valence-corrected chi connectivity index (χ3v) is 1.65. The Kier molecular flexibility index (Phi) is 11.4. The maximum absolute atomic E-state index is 11.1. The minimum Gasteiger partial charge on any atom is -0.394 e. The molecule has 0 saturated heterocycles. The van der Waals surface area contributed by atoms with Crippen molar-refractivity contribution in [3.63, 3.8) is 0 Å². The van der Waals surface area contributed by atoms with Crippen LogP contribution in [0.4, 0.5) is 0 Å². The van der Waals surface area contributed by atoms with E-state index in [0.717, 1.165) is 0 Å². The van der Waals surface area contributed by atoms with Crippen LogP contribution in [0.25, 0.3) is 0 Å². The molecular weight excluding hydrogens is 244 g/mol. The molecule has 0 fully saturated rings. The first-order valence-corrected chi connectivity index (χ1v) is 5.56. The highest BCUT2D eigenvalue weighted by Gasteiger charge is 2.01. The zero-order valence-electron chi connectivity index (χ0n) is 10.2. The molecule has 0 rings (SSSR count). The standard InChI is InChI=1S/C10H20N2O6/c11-9(14)7-18-8-10(15)12-1-3-16-5-6-17-4-2-13/h13H,1-8H2,(H2,11,14)(H,12,15). The van der Waals surface area contributed by atoms with E-state index >= 15 is 0 Å². The number of aliphatic hydroxyl groups excluding tert-OH is 1. The van der Waals surface area contributed by atoms with E-state index in [-0.39, 0.29) is 32.3 Å². The van der Waals surface area contributed by atoms with Gasteiger partial charge in [0, 0.05) is 6.54 Å². The first-order valence-electron chi connectivity index (χ1n) is 5.56. The lowest BCUT2D eigenvalue weighted by Gasteiger charge is -2.06. The molecule has 8 nitrogen and oxygen atoms in total. The van der Waals surface area contributed by atoms with Crippen molar-refractivity contribution in [2.45, 2.75) is 0 Å². The Morgan fingerprint density at radius 3 is 2.28 bits per heavy atom. The van der Waals surface area contributed by atoms with Crippen molar-refractivity contribution in [1.82, 2.24) is 5.32 Å². The number of hydrogen-bond donors (Lipinski definition) is 3. The molecule has 0 aromatic rings. The molecule has 0 aliphatic heterocycles. The van der Waals surface area contributed by atoms with Gasteiger partial charge in [-0.3, -0.25) is 9.59 Å². The molecule has 8 heteroatoms. The Morgan fingerprint density at radius 2 is 1.67 bits per heavy atom. The number of hydrogen-bond acceptors (Lipinski definition) is 6. The summed E-state index contributed by atoms with van der Waals surface area (Å²) in [4.78, 5) is 21.4. The fraction of sp³-hybridized carbons (Fsp3) is 0.800. The van der Waals surface area contributed by atoms with Crippen LogP contribution in [0.3, 0.4) is 0 Å². The van der Waals surface area contributed by atoms with E-state index in [9.17, 15) is 9.59 Å². The van der Waals surface area contributed by atoms with Crippen molar-refractivity contribution in [3.8, 4) is 0 Å². The van der Waals surface area contributed by atoms with Gasteiger partial charge in [-0.05, 0) is 0 Å².